The molecule has 2 aromatic rings. The maximum absolute atomic E-state index is 11.7. The molecule has 2 heterocycles. The van der Waals surface area contributed by atoms with Crippen LogP contribution in [-0.2, 0) is 9.53 Å². The van der Waals surface area contributed by atoms with Crippen LogP contribution in [0.1, 0.15) is 23.6 Å². The molecule has 0 aliphatic carbocycles. The zero-order valence-corrected chi connectivity index (χ0v) is 13.6. The predicted octanol–water partition coefficient (Wildman–Crippen LogP) is 3.59. The molecule has 0 saturated carbocycles. The van der Waals surface area contributed by atoms with Gasteiger partial charge in [0, 0.05) is 16.1 Å². The van der Waals surface area contributed by atoms with E-state index in [4.69, 9.17) is 4.74 Å². The number of nitrogens with zero attached hydrogens (tertiary/aromatic N) is 2. The van der Waals surface area contributed by atoms with Crippen LogP contribution in [-0.4, -0.2) is 16.8 Å². The van der Waals surface area contributed by atoms with Gasteiger partial charge in [-0.3, -0.25) is 4.79 Å². The molecule has 1 aromatic carbocycles. The first-order valence-electron chi connectivity index (χ1n) is 5.99. The van der Waals surface area contributed by atoms with Crippen LogP contribution in [0.5, 0.6) is 0 Å². The molecule has 1 aromatic heterocycles. The van der Waals surface area contributed by atoms with Crippen molar-refractivity contribution in [3.8, 4) is 0 Å². The van der Waals surface area contributed by atoms with Crippen molar-refractivity contribution < 1.29 is 9.53 Å². The molecule has 0 saturated heterocycles. The quantitative estimate of drug-likeness (QED) is 0.726. The maximum Gasteiger partial charge on any atom is 0.243 e. The number of amides is 1. The molecule has 1 unspecified atom stereocenters. The van der Waals surface area contributed by atoms with Crippen molar-refractivity contribution in [3.63, 3.8) is 0 Å². The van der Waals surface area contributed by atoms with E-state index < -0.39 is 6.23 Å². The van der Waals surface area contributed by atoms with Crippen molar-refractivity contribution in [2.45, 2.75) is 13.2 Å². The summed E-state index contributed by atoms with van der Waals surface area (Å²) < 4.78 is 6.98. The molecule has 6 heteroatoms. The van der Waals surface area contributed by atoms with Gasteiger partial charge >= 0.3 is 0 Å². The summed E-state index contributed by atoms with van der Waals surface area (Å²) in [5.74, 6) is 0.348. The van der Waals surface area contributed by atoms with E-state index >= 15 is 0 Å². The van der Waals surface area contributed by atoms with E-state index in [0.29, 0.717) is 5.90 Å². The van der Waals surface area contributed by atoms with Crippen LogP contribution >= 0.6 is 33.9 Å². The number of thiophene rings is 1. The Hall–Kier alpha value is -1.41. The lowest BCUT2D eigenvalue weighted by atomic mass is 10.2. The van der Waals surface area contributed by atoms with Crippen molar-refractivity contribution in [3.05, 3.63) is 55.8 Å². The molecule has 20 heavy (non-hydrogen) atoms. The molecule has 0 spiro atoms. The number of carbonyl (C=O) groups is 1. The molecule has 1 amide bonds. The fourth-order valence-electron chi connectivity index (χ4n) is 1.92. The van der Waals surface area contributed by atoms with Crippen LogP contribution in [0.15, 0.2) is 46.9 Å². The minimum atomic E-state index is -0.458. The maximum atomic E-state index is 11.7. The molecule has 1 aliphatic rings. The molecule has 1 aliphatic heterocycles. The van der Waals surface area contributed by atoms with E-state index in [0.717, 1.165) is 14.0 Å². The highest BCUT2D eigenvalue weighted by atomic mass is 127. The first-order valence-corrected chi connectivity index (χ1v) is 7.95. The molecular formula is C14H11IN2O2S. The van der Waals surface area contributed by atoms with Gasteiger partial charge in [0.1, 0.15) is 0 Å². The van der Waals surface area contributed by atoms with Crippen LogP contribution < -0.4 is 0 Å². The largest absolute Gasteiger partial charge is 0.445 e. The van der Waals surface area contributed by atoms with Crippen molar-refractivity contribution in [1.29, 1.82) is 0 Å². The van der Waals surface area contributed by atoms with Crippen molar-refractivity contribution >= 4 is 45.7 Å². The lowest BCUT2D eigenvalue weighted by molar-refractivity contribution is -0.135. The summed E-state index contributed by atoms with van der Waals surface area (Å²) in [6.45, 7) is 1.49. The number of hydrazone groups is 1. The van der Waals surface area contributed by atoms with Crippen LogP contribution in [0.4, 0.5) is 0 Å². The van der Waals surface area contributed by atoms with Gasteiger partial charge in [0.2, 0.25) is 18.0 Å². The highest BCUT2D eigenvalue weighted by Crippen LogP contribution is 2.32. The van der Waals surface area contributed by atoms with Gasteiger partial charge in [-0.25, -0.2) is 0 Å². The minimum absolute atomic E-state index is 0.135. The van der Waals surface area contributed by atoms with Gasteiger partial charge in [0.25, 0.3) is 0 Å². The van der Waals surface area contributed by atoms with E-state index in [-0.39, 0.29) is 5.91 Å². The molecule has 1 atom stereocenters. The Morgan fingerprint density at radius 2 is 2.25 bits per heavy atom. The Balaban J connectivity index is 1.95. The SMILES string of the molecule is CC(=O)N1N=C(c2cccc(I)c2)OC1c1cccs1. The monoisotopic (exact) mass is 398 g/mol. The Morgan fingerprint density at radius 1 is 1.40 bits per heavy atom. The summed E-state index contributed by atoms with van der Waals surface area (Å²) in [7, 11) is 0. The summed E-state index contributed by atoms with van der Waals surface area (Å²) in [4.78, 5) is 12.7. The third kappa shape index (κ3) is 2.57. The lowest BCUT2D eigenvalue weighted by Gasteiger charge is -2.17. The van der Waals surface area contributed by atoms with E-state index in [9.17, 15) is 4.79 Å². The second kappa shape index (κ2) is 5.53. The first-order chi connectivity index (χ1) is 9.65. The van der Waals surface area contributed by atoms with Gasteiger partial charge in [0.05, 0.1) is 4.88 Å². The number of halogens is 1. The molecular weight excluding hydrogens is 387 g/mol. The molecule has 4 nitrogen and oxygen atoms in total. The smallest absolute Gasteiger partial charge is 0.243 e. The first kappa shape index (κ1) is 13.6. The normalized spacial score (nSPS) is 17.8. The van der Waals surface area contributed by atoms with Crippen LogP contribution in [0.25, 0.3) is 0 Å². The zero-order valence-electron chi connectivity index (χ0n) is 10.6. The molecule has 0 radical (unpaired) electrons. The third-order valence-electron chi connectivity index (χ3n) is 2.82. The molecule has 0 N–H and O–H groups in total. The molecule has 0 bridgehead atoms. The number of carbonyl (C=O) groups excluding carboxylic acids is 1. The predicted molar refractivity (Wildman–Crippen MR) is 86.4 cm³/mol. The second-order valence-electron chi connectivity index (χ2n) is 4.26. The van der Waals surface area contributed by atoms with E-state index in [1.165, 1.54) is 11.9 Å². The van der Waals surface area contributed by atoms with Crippen molar-refractivity contribution in [2.75, 3.05) is 0 Å². The fourth-order valence-corrected chi connectivity index (χ4v) is 3.20. The van der Waals surface area contributed by atoms with Gasteiger partial charge in [-0.2, -0.15) is 5.01 Å². The van der Waals surface area contributed by atoms with Crippen LogP contribution in [0.3, 0.4) is 0 Å². The second-order valence-corrected chi connectivity index (χ2v) is 6.49. The van der Waals surface area contributed by atoms with Gasteiger partial charge in [-0.05, 0) is 52.2 Å². The number of benzene rings is 1. The summed E-state index contributed by atoms with van der Waals surface area (Å²) in [5.41, 5.74) is 0.877. The summed E-state index contributed by atoms with van der Waals surface area (Å²) >= 11 is 3.79. The van der Waals surface area contributed by atoms with Crippen molar-refractivity contribution in [2.24, 2.45) is 5.10 Å². The lowest BCUT2D eigenvalue weighted by Crippen LogP contribution is -2.24. The van der Waals surface area contributed by atoms with Gasteiger partial charge in [-0.15, -0.1) is 16.4 Å². The number of rotatable bonds is 2. The number of hydrogen-bond acceptors (Lipinski definition) is 4. The highest BCUT2D eigenvalue weighted by Gasteiger charge is 2.33. The average Bonchev–Trinajstić information content (AvgIpc) is 3.08. The molecule has 102 valence electrons. The molecule has 3 rings (SSSR count). The number of ether oxygens (including phenoxy) is 1. The van der Waals surface area contributed by atoms with E-state index in [1.807, 2.05) is 41.8 Å². The van der Waals surface area contributed by atoms with Gasteiger partial charge in [-0.1, -0.05) is 12.1 Å². The topological polar surface area (TPSA) is 41.9 Å². The highest BCUT2D eigenvalue weighted by molar-refractivity contribution is 14.1. The minimum Gasteiger partial charge on any atom is -0.445 e. The summed E-state index contributed by atoms with van der Waals surface area (Å²) in [6.07, 6.45) is -0.458. The fraction of sp³-hybridized carbons (Fsp3) is 0.143. The van der Waals surface area contributed by atoms with Gasteiger partial charge < -0.3 is 4.74 Å². The molecule has 0 fully saturated rings. The van der Waals surface area contributed by atoms with Crippen LogP contribution in [0, 0.1) is 3.57 Å². The standard InChI is InChI=1S/C14H11IN2O2S/c1-9(18)17-14(12-6-3-7-20-12)19-13(16-17)10-4-2-5-11(15)8-10/h2-8,14H,1H3. The Bertz CT molecular complexity index is 670. The van der Waals surface area contributed by atoms with Crippen LogP contribution in [0.2, 0.25) is 0 Å². The summed E-state index contributed by atoms with van der Waals surface area (Å²) in [6, 6.07) is 11.7. The van der Waals surface area contributed by atoms with Gasteiger partial charge in [0.15, 0.2) is 0 Å². The zero-order chi connectivity index (χ0) is 14.1. The third-order valence-corrected chi connectivity index (χ3v) is 4.40. The number of hydrogen-bond donors (Lipinski definition) is 0. The van der Waals surface area contributed by atoms with E-state index in [2.05, 4.69) is 27.7 Å². The Morgan fingerprint density at radius 3 is 2.90 bits per heavy atom. The van der Waals surface area contributed by atoms with Crippen molar-refractivity contribution in [1.82, 2.24) is 5.01 Å². The summed E-state index contributed by atoms with van der Waals surface area (Å²) in [5, 5.41) is 7.67. The average molecular weight is 398 g/mol. The van der Waals surface area contributed by atoms with E-state index in [1.54, 1.807) is 11.3 Å². The Kier molecular flexibility index (Phi) is 3.75. The Labute approximate surface area is 134 Å².